The molecular weight excluding hydrogens is 446 g/mol. The molecule has 2 heterocycles. The second-order valence-corrected chi connectivity index (χ2v) is 7.30. The molecule has 2 aromatic carbocycles. The van der Waals surface area contributed by atoms with Gasteiger partial charge in [0.15, 0.2) is 5.82 Å². The van der Waals surface area contributed by atoms with Crippen LogP contribution >= 0.6 is 0 Å². The molecule has 2 amide bonds. The fourth-order valence-electron chi connectivity index (χ4n) is 3.37. The van der Waals surface area contributed by atoms with Gasteiger partial charge in [0.1, 0.15) is 23.7 Å². The van der Waals surface area contributed by atoms with Crippen LogP contribution in [0.15, 0.2) is 30.6 Å². The van der Waals surface area contributed by atoms with Crippen LogP contribution in [0.2, 0.25) is 0 Å². The first-order valence-corrected chi connectivity index (χ1v) is 9.80. The van der Waals surface area contributed by atoms with Gasteiger partial charge >= 0.3 is 12.6 Å². The summed E-state index contributed by atoms with van der Waals surface area (Å²) in [6.45, 7) is -1.54. The van der Waals surface area contributed by atoms with Gasteiger partial charge in [-0.25, -0.2) is 23.5 Å². The summed E-state index contributed by atoms with van der Waals surface area (Å²) in [7, 11) is 1.41. The molecule has 12 heteroatoms. The van der Waals surface area contributed by atoms with Gasteiger partial charge in [-0.2, -0.15) is 8.78 Å². The number of urea groups is 1. The molecule has 0 radical (unpaired) electrons. The van der Waals surface area contributed by atoms with Gasteiger partial charge < -0.3 is 25.0 Å². The first-order chi connectivity index (χ1) is 15.8. The SMILES string of the molecule is COc1cc2ncnc(Nc3ccc(F)c(C)c3F)c2cc1NC(=O)N1CC(OC(F)F)C1. The number of fused-ring (bicyclic) bond motifs is 1. The van der Waals surface area contributed by atoms with E-state index in [2.05, 4.69) is 25.3 Å². The molecule has 1 fully saturated rings. The number of anilines is 3. The number of alkyl halides is 2. The number of rotatable bonds is 6. The number of nitrogens with one attached hydrogen (secondary N) is 2. The Bertz CT molecular complexity index is 1200. The molecule has 0 spiro atoms. The van der Waals surface area contributed by atoms with E-state index >= 15 is 0 Å². The number of amides is 2. The number of likely N-dealkylation sites (tertiary alicyclic amines) is 1. The third-order valence-electron chi connectivity index (χ3n) is 5.20. The molecule has 0 aliphatic carbocycles. The average molecular weight is 465 g/mol. The summed E-state index contributed by atoms with van der Waals surface area (Å²) in [5.74, 6) is -0.919. The Balaban J connectivity index is 1.61. The zero-order valence-corrected chi connectivity index (χ0v) is 17.5. The number of carbonyl (C=O) groups excluding carboxylic acids is 1. The smallest absolute Gasteiger partial charge is 0.345 e. The van der Waals surface area contributed by atoms with Gasteiger partial charge in [0.2, 0.25) is 0 Å². The number of hydrogen-bond donors (Lipinski definition) is 2. The molecule has 0 unspecified atom stereocenters. The molecule has 1 aliphatic rings. The molecule has 2 N–H and O–H groups in total. The molecule has 3 aromatic rings. The molecule has 8 nitrogen and oxygen atoms in total. The van der Waals surface area contributed by atoms with Crippen molar-refractivity contribution in [3.8, 4) is 5.75 Å². The highest BCUT2D eigenvalue weighted by Gasteiger charge is 2.33. The van der Waals surface area contributed by atoms with Crippen molar-refractivity contribution in [1.82, 2.24) is 14.9 Å². The number of nitrogens with zero attached hydrogens (tertiary/aromatic N) is 3. The molecule has 1 aliphatic heterocycles. The third kappa shape index (κ3) is 4.60. The predicted molar refractivity (Wildman–Crippen MR) is 112 cm³/mol. The molecule has 0 saturated carbocycles. The molecular formula is C21H19F4N5O3. The molecule has 0 bridgehead atoms. The summed E-state index contributed by atoms with van der Waals surface area (Å²) in [5.41, 5.74) is 0.579. The lowest BCUT2D eigenvalue weighted by Gasteiger charge is -2.38. The van der Waals surface area contributed by atoms with Crippen LogP contribution in [0.3, 0.4) is 0 Å². The van der Waals surface area contributed by atoms with Gasteiger partial charge in [-0.1, -0.05) is 0 Å². The lowest BCUT2D eigenvalue weighted by molar-refractivity contribution is -0.188. The lowest BCUT2D eigenvalue weighted by atomic mass is 10.1. The monoisotopic (exact) mass is 465 g/mol. The van der Waals surface area contributed by atoms with Crippen molar-refractivity contribution in [2.45, 2.75) is 19.6 Å². The molecule has 174 valence electrons. The summed E-state index contributed by atoms with van der Waals surface area (Å²) in [4.78, 5) is 22.1. The van der Waals surface area contributed by atoms with Crippen molar-refractivity contribution in [2.24, 2.45) is 0 Å². The van der Waals surface area contributed by atoms with Crippen LogP contribution in [0, 0.1) is 18.6 Å². The Labute approximate surface area is 185 Å². The van der Waals surface area contributed by atoms with Crippen molar-refractivity contribution in [3.63, 3.8) is 0 Å². The number of halogens is 4. The van der Waals surface area contributed by atoms with E-state index in [1.54, 1.807) is 6.07 Å². The first kappa shape index (κ1) is 22.5. The van der Waals surface area contributed by atoms with E-state index in [4.69, 9.17) is 4.74 Å². The number of hydrogen-bond acceptors (Lipinski definition) is 6. The largest absolute Gasteiger partial charge is 0.494 e. The van der Waals surface area contributed by atoms with Gasteiger partial charge in [0.25, 0.3) is 0 Å². The molecule has 0 atom stereocenters. The standard InChI is InChI=1S/C21H19F4N5O3/c1-10-13(22)3-4-14(18(10)23)28-19-12-5-16(17(32-2)6-15(12)26-9-27-19)29-21(31)30-7-11(8-30)33-20(24)25/h3-6,9,11,20H,7-8H2,1-2H3,(H,29,31)(H,26,27,28). The van der Waals surface area contributed by atoms with Crippen molar-refractivity contribution in [1.29, 1.82) is 0 Å². The van der Waals surface area contributed by atoms with Gasteiger partial charge in [0, 0.05) is 17.0 Å². The normalized spacial score (nSPS) is 13.8. The van der Waals surface area contributed by atoms with Crippen LogP contribution in [-0.2, 0) is 4.74 Å². The first-order valence-electron chi connectivity index (χ1n) is 9.80. The summed E-state index contributed by atoms with van der Waals surface area (Å²) in [5, 5.41) is 5.91. The maximum absolute atomic E-state index is 14.5. The molecule has 1 saturated heterocycles. The van der Waals surface area contributed by atoms with Crippen molar-refractivity contribution >= 4 is 34.1 Å². The second-order valence-electron chi connectivity index (χ2n) is 7.30. The fourth-order valence-corrected chi connectivity index (χ4v) is 3.37. The van der Waals surface area contributed by atoms with Gasteiger partial charge in [0.05, 0.1) is 43.2 Å². The molecule has 33 heavy (non-hydrogen) atoms. The minimum absolute atomic E-state index is 0.0148. The Morgan fingerprint density at radius 2 is 1.94 bits per heavy atom. The highest BCUT2D eigenvalue weighted by molar-refractivity contribution is 5.99. The summed E-state index contributed by atoms with van der Waals surface area (Å²) in [6.07, 6.45) is 0.535. The van der Waals surface area contributed by atoms with Crippen LogP contribution in [0.25, 0.3) is 10.9 Å². The third-order valence-corrected chi connectivity index (χ3v) is 5.20. The van der Waals surface area contributed by atoms with Crippen molar-refractivity contribution in [3.05, 3.63) is 47.8 Å². The Morgan fingerprint density at radius 1 is 1.18 bits per heavy atom. The molecule has 4 rings (SSSR count). The second kappa shape index (κ2) is 9.06. The number of aromatic nitrogens is 2. The van der Waals surface area contributed by atoms with Crippen LogP contribution < -0.4 is 15.4 Å². The van der Waals surface area contributed by atoms with E-state index in [9.17, 15) is 22.4 Å². The zero-order valence-electron chi connectivity index (χ0n) is 17.5. The predicted octanol–water partition coefficient (Wildman–Crippen LogP) is 4.42. The molecule has 1 aromatic heterocycles. The number of ether oxygens (including phenoxy) is 2. The highest BCUT2D eigenvalue weighted by Crippen LogP contribution is 2.34. The maximum atomic E-state index is 14.5. The van der Waals surface area contributed by atoms with Gasteiger partial charge in [-0.3, -0.25) is 0 Å². The maximum Gasteiger partial charge on any atom is 0.345 e. The van der Waals surface area contributed by atoms with Gasteiger partial charge in [-0.05, 0) is 25.1 Å². The Kier molecular flexibility index (Phi) is 6.18. The van der Waals surface area contributed by atoms with E-state index in [-0.39, 0.29) is 35.8 Å². The van der Waals surface area contributed by atoms with Crippen LogP contribution in [-0.4, -0.2) is 53.8 Å². The van der Waals surface area contributed by atoms with E-state index < -0.39 is 30.4 Å². The average Bonchev–Trinajstić information content (AvgIpc) is 2.76. The Morgan fingerprint density at radius 3 is 2.64 bits per heavy atom. The van der Waals surface area contributed by atoms with Crippen molar-refractivity contribution < 1.29 is 31.8 Å². The summed E-state index contributed by atoms with van der Waals surface area (Å²) < 4.78 is 62.3. The fraction of sp³-hybridized carbons (Fsp3) is 0.286. The zero-order chi connectivity index (χ0) is 23.7. The van der Waals surface area contributed by atoms with Crippen molar-refractivity contribution in [2.75, 3.05) is 30.8 Å². The van der Waals surface area contributed by atoms with Gasteiger partial charge in [-0.15, -0.1) is 0 Å². The van der Waals surface area contributed by atoms with Crippen LogP contribution in [0.4, 0.5) is 39.5 Å². The summed E-state index contributed by atoms with van der Waals surface area (Å²) in [6, 6.07) is 4.95. The topological polar surface area (TPSA) is 88.6 Å². The summed E-state index contributed by atoms with van der Waals surface area (Å²) >= 11 is 0. The van der Waals surface area contributed by atoms with Crippen LogP contribution in [0.5, 0.6) is 5.75 Å². The van der Waals surface area contributed by atoms with E-state index in [1.807, 2.05) is 0 Å². The quantitative estimate of drug-likeness (QED) is 0.524. The van der Waals surface area contributed by atoms with Crippen LogP contribution in [0.1, 0.15) is 5.56 Å². The number of carbonyl (C=O) groups is 1. The number of methoxy groups -OCH3 is 1. The minimum atomic E-state index is -2.90. The Hall–Kier alpha value is -3.67. The number of benzene rings is 2. The van der Waals surface area contributed by atoms with E-state index in [0.717, 1.165) is 6.07 Å². The lowest BCUT2D eigenvalue weighted by Crippen LogP contribution is -2.56. The highest BCUT2D eigenvalue weighted by atomic mass is 19.3. The van der Waals surface area contributed by atoms with E-state index in [1.165, 1.54) is 37.4 Å². The minimum Gasteiger partial charge on any atom is -0.494 e. The van der Waals surface area contributed by atoms with E-state index in [0.29, 0.717) is 16.7 Å².